The van der Waals surface area contributed by atoms with Crippen LogP contribution >= 0.6 is 0 Å². The van der Waals surface area contributed by atoms with Crippen molar-refractivity contribution in [2.75, 3.05) is 26.3 Å². The quantitative estimate of drug-likeness (QED) is 0.863. The molecule has 1 atom stereocenters. The Bertz CT molecular complexity index is 436. The minimum Gasteiger partial charge on any atom is -0.391 e. The molecular formula is C14H24N4O2. The van der Waals surface area contributed by atoms with Gasteiger partial charge >= 0.3 is 0 Å². The highest BCUT2D eigenvalue weighted by atomic mass is 16.5. The summed E-state index contributed by atoms with van der Waals surface area (Å²) in [5.41, 5.74) is 0.793. The van der Waals surface area contributed by atoms with Crippen molar-refractivity contribution in [2.24, 2.45) is 7.05 Å². The Kier molecular flexibility index (Phi) is 4.05. The number of rotatable bonds is 4. The molecule has 1 aliphatic heterocycles. The molecular weight excluding hydrogens is 256 g/mol. The summed E-state index contributed by atoms with van der Waals surface area (Å²) in [4.78, 5) is 2.45. The average molecular weight is 280 g/mol. The van der Waals surface area contributed by atoms with Crippen molar-refractivity contribution < 1.29 is 9.84 Å². The molecule has 6 heteroatoms. The molecule has 1 aromatic heterocycles. The summed E-state index contributed by atoms with van der Waals surface area (Å²) in [6, 6.07) is 0. The van der Waals surface area contributed by atoms with E-state index in [1.165, 1.54) is 12.8 Å². The van der Waals surface area contributed by atoms with Gasteiger partial charge in [-0.05, 0) is 12.8 Å². The van der Waals surface area contributed by atoms with E-state index in [1.54, 1.807) is 4.68 Å². The van der Waals surface area contributed by atoms with E-state index in [0.717, 1.165) is 44.8 Å². The topological polar surface area (TPSA) is 63.4 Å². The zero-order valence-electron chi connectivity index (χ0n) is 12.2. The number of nitrogens with zero attached hydrogens (tertiary/aromatic N) is 4. The molecule has 2 heterocycles. The van der Waals surface area contributed by atoms with Crippen molar-refractivity contribution >= 4 is 0 Å². The van der Waals surface area contributed by atoms with E-state index in [-0.39, 0.29) is 11.6 Å². The van der Waals surface area contributed by atoms with Crippen LogP contribution in [0.1, 0.15) is 31.4 Å². The minimum atomic E-state index is -0.375. The van der Waals surface area contributed by atoms with Crippen LogP contribution in [0.3, 0.4) is 0 Å². The van der Waals surface area contributed by atoms with Gasteiger partial charge in [-0.1, -0.05) is 18.1 Å². The lowest BCUT2D eigenvalue weighted by molar-refractivity contribution is -0.0756. The van der Waals surface area contributed by atoms with Crippen LogP contribution in [0.4, 0.5) is 0 Å². The normalized spacial score (nSPS) is 24.9. The molecule has 0 aromatic carbocycles. The highest BCUT2D eigenvalue weighted by Crippen LogP contribution is 2.39. The molecule has 1 aromatic rings. The number of aliphatic hydroxyl groups is 1. The Morgan fingerprint density at radius 2 is 2.05 bits per heavy atom. The van der Waals surface area contributed by atoms with Gasteiger partial charge in [0.05, 0.1) is 25.0 Å². The molecule has 0 bridgehead atoms. The Balaban J connectivity index is 1.75. The van der Waals surface area contributed by atoms with E-state index in [0.29, 0.717) is 6.42 Å². The van der Waals surface area contributed by atoms with Gasteiger partial charge in [0.15, 0.2) is 0 Å². The van der Waals surface area contributed by atoms with Crippen LogP contribution in [-0.2, 0) is 18.2 Å². The Morgan fingerprint density at radius 3 is 2.65 bits per heavy atom. The van der Waals surface area contributed by atoms with Crippen LogP contribution in [0.2, 0.25) is 0 Å². The molecule has 1 saturated heterocycles. The molecule has 1 aliphatic carbocycles. The molecule has 2 aliphatic rings. The number of morpholine rings is 1. The van der Waals surface area contributed by atoms with Crippen molar-refractivity contribution in [1.29, 1.82) is 0 Å². The van der Waals surface area contributed by atoms with Gasteiger partial charge in [-0.2, -0.15) is 0 Å². The average Bonchev–Trinajstić information content (AvgIpc) is 3.10. The molecule has 2 fully saturated rings. The lowest BCUT2D eigenvalue weighted by Crippen LogP contribution is -2.59. The van der Waals surface area contributed by atoms with Gasteiger partial charge < -0.3 is 9.84 Å². The van der Waals surface area contributed by atoms with Crippen LogP contribution < -0.4 is 0 Å². The maximum absolute atomic E-state index is 10.9. The number of hydrogen-bond acceptors (Lipinski definition) is 5. The van der Waals surface area contributed by atoms with Crippen LogP contribution in [0.5, 0.6) is 0 Å². The maximum atomic E-state index is 10.9. The number of hydrogen-bond donors (Lipinski definition) is 1. The standard InChI is InChI=1S/C14H24N4O2/c1-17-11-12(15-16-17)10-13(19)14(4-2-3-5-14)18-6-8-20-9-7-18/h11,13,19H,2-10H2,1H3. The summed E-state index contributed by atoms with van der Waals surface area (Å²) in [6.45, 7) is 3.41. The molecule has 0 radical (unpaired) electrons. The molecule has 1 saturated carbocycles. The second kappa shape index (κ2) is 5.79. The summed E-state index contributed by atoms with van der Waals surface area (Å²) in [6.07, 6.45) is 6.67. The van der Waals surface area contributed by atoms with Crippen molar-refractivity contribution in [3.63, 3.8) is 0 Å². The number of aryl methyl sites for hydroxylation is 1. The fourth-order valence-electron chi connectivity index (χ4n) is 3.73. The van der Waals surface area contributed by atoms with E-state index >= 15 is 0 Å². The third-order valence-electron chi connectivity index (χ3n) is 4.78. The number of ether oxygens (including phenoxy) is 1. The van der Waals surface area contributed by atoms with Crippen LogP contribution in [-0.4, -0.2) is 62.9 Å². The third-order valence-corrected chi connectivity index (χ3v) is 4.78. The van der Waals surface area contributed by atoms with E-state index in [2.05, 4.69) is 15.2 Å². The molecule has 3 rings (SSSR count). The molecule has 20 heavy (non-hydrogen) atoms. The monoisotopic (exact) mass is 280 g/mol. The smallest absolute Gasteiger partial charge is 0.0853 e. The predicted octanol–water partition coefficient (Wildman–Crippen LogP) is 0.363. The molecule has 1 unspecified atom stereocenters. The van der Waals surface area contributed by atoms with Crippen molar-refractivity contribution in [1.82, 2.24) is 19.9 Å². The van der Waals surface area contributed by atoms with E-state index in [9.17, 15) is 5.11 Å². The molecule has 1 N–H and O–H groups in total. The fourth-order valence-corrected chi connectivity index (χ4v) is 3.73. The van der Waals surface area contributed by atoms with E-state index in [4.69, 9.17) is 4.74 Å². The minimum absolute atomic E-state index is 0.0820. The van der Waals surface area contributed by atoms with Crippen LogP contribution in [0, 0.1) is 0 Å². The van der Waals surface area contributed by atoms with Gasteiger partial charge in [0, 0.05) is 38.3 Å². The zero-order chi connectivity index (χ0) is 14.0. The highest BCUT2D eigenvalue weighted by Gasteiger charge is 2.45. The zero-order valence-corrected chi connectivity index (χ0v) is 12.2. The molecule has 6 nitrogen and oxygen atoms in total. The first-order chi connectivity index (χ1) is 9.71. The van der Waals surface area contributed by atoms with E-state index in [1.807, 2.05) is 13.2 Å². The maximum Gasteiger partial charge on any atom is 0.0853 e. The second-order valence-electron chi connectivity index (χ2n) is 6.01. The summed E-state index contributed by atoms with van der Waals surface area (Å²) >= 11 is 0. The first-order valence-electron chi connectivity index (χ1n) is 7.57. The van der Waals surface area contributed by atoms with Crippen LogP contribution in [0.25, 0.3) is 0 Å². The second-order valence-corrected chi connectivity index (χ2v) is 6.01. The highest BCUT2D eigenvalue weighted by molar-refractivity contribution is 5.06. The van der Waals surface area contributed by atoms with E-state index < -0.39 is 0 Å². The SMILES string of the molecule is Cn1cc(CC(O)C2(N3CCOCC3)CCCC2)nn1. The van der Waals surface area contributed by atoms with Crippen molar-refractivity contribution in [3.8, 4) is 0 Å². The summed E-state index contributed by atoms with van der Waals surface area (Å²) in [5, 5.41) is 18.9. The summed E-state index contributed by atoms with van der Waals surface area (Å²) in [5.74, 6) is 0. The molecule has 112 valence electrons. The van der Waals surface area contributed by atoms with Crippen molar-refractivity contribution in [3.05, 3.63) is 11.9 Å². The first-order valence-corrected chi connectivity index (χ1v) is 7.57. The third kappa shape index (κ3) is 2.60. The fraction of sp³-hybridized carbons (Fsp3) is 0.857. The predicted molar refractivity (Wildman–Crippen MR) is 74.3 cm³/mol. The lowest BCUT2D eigenvalue weighted by Gasteiger charge is -2.46. The van der Waals surface area contributed by atoms with Gasteiger partial charge in [-0.25, -0.2) is 0 Å². The Hall–Kier alpha value is -0.980. The van der Waals surface area contributed by atoms with Crippen molar-refractivity contribution in [2.45, 2.75) is 43.7 Å². The first kappa shape index (κ1) is 14.0. The van der Waals surface area contributed by atoms with Gasteiger partial charge in [-0.15, -0.1) is 5.10 Å². The Labute approximate surface area is 119 Å². The van der Waals surface area contributed by atoms with Crippen LogP contribution in [0.15, 0.2) is 6.20 Å². The number of aliphatic hydroxyl groups excluding tert-OH is 1. The summed E-state index contributed by atoms with van der Waals surface area (Å²) < 4.78 is 7.15. The largest absolute Gasteiger partial charge is 0.391 e. The summed E-state index contributed by atoms with van der Waals surface area (Å²) in [7, 11) is 1.86. The van der Waals surface area contributed by atoms with Gasteiger partial charge in [-0.3, -0.25) is 9.58 Å². The van der Waals surface area contributed by atoms with Gasteiger partial charge in [0.25, 0.3) is 0 Å². The number of aromatic nitrogens is 3. The van der Waals surface area contributed by atoms with Gasteiger partial charge in [0.1, 0.15) is 0 Å². The Morgan fingerprint density at radius 1 is 1.35 bits per heavy atom. The van der Waals surface area contributed by atoms with Gasteiger partial charge in [0.2, 0.25) is 0 Å². The lowest BCUT2D eigenvalue weighted by atomic mass is 9.85. The molecule has 0 amide bonds. The molecule has 0 spiro atoms.